The second kappa shape index (κ2) is 8.14. The molecule has 34 heavy (non-hydrogen) atoms. The van der Waals surface area contributed by atoms with Crippen molar-refractivity contribution in [1.82, 2.24) is 5.01 Å². The molecule has 5 aliphatic rings. The number of rotatable bonds is 6. The van der Waals surface area contributed by atoms with E-state index in [9.17, 15) is 9.59 Å². The van der Waals surface area contributed by atoms with Crippen LogP contribution >= 0.6 is 23.2 Å². The van der Waals surface area contributed by atoms with Crippen molar-refractivity contribution < 1.29 is 19.1 Å². The van der Waals surface area contributed by atoms with Gasteiger partial charge in [-0.3, -0.25) is 9.59 Å². The van der Waals surface area contributed by atoms with Crippen LogP contribution in [-0.2, 0) is 16.2 Å². The van der Waals surface area contributed by atoms with Crippen LogP contribution in [0.1, 0.15) is 17.5 Å². The summed E-state index contributed by atoms with van der Waals surface area (Å²) in [4.78, 5) is 26.2. The highest BCUT2D eigenvalue weighted by molar-refractivity contribution is 6.32. The summed E-state index contributed by atoms with van der Waals surface area (Å²) in [6.45, 7) is 0.290. The minimum atomic E-state index is -0.273. The van der Waals surface area contributed by atoms with E-state index >= 15 is 0 Å². The number of hydrogen-bond donors (Lipinski definition) is 0. The Morgan fingerprint density at radius 3 is 2.29 bits per heavy atom. The van der Waals surface area contributed by atoms with E-state index in [1.54, 1.807) is 24.3 Å². The van der Waals surface area contributed by atoms with Gasteiger partial charge < -0.3 is 9.47 Å². The predicted octanol–water partition coefficient (Wildman–Crippen LogP) is 4.97. The average Bonchev–Trinajstić information content (AvgIpc) is 3.62. The van der Waals surface area contributed by atoms with Crippen LogP contribution in [0.4, 0.5) is 0 Å². The summed E-state index contributed by atoms with van der Waals surface area (Å²) in [6, 6.07) is 10.7. The number of ether oxygens (including phenoxy) is 2. The first-order chi connectivity index (χ1) is 16.5. The molecule has 0 N–H and O–H groups in total. The molecule has 0 aromatic heterocycles. The molecule has 6 atom stereocenters. The second-order valence-electron chi connectivity index (χ2n) is 9.34. The highest BCUT2D eigenvalue weighted by Crippen LogP contribution is 2.65. The van der Waals surface area contributed by atoms with E-state index in [2.05, 4.69) is 17.3 Å². The van der Waals surface area contributed by atoms with Crippen molar-refractivity contribution in [3.8, 4) is 11.5 Å². The van der Waals surface area contributed by atoms with Crippen molar-refractivity contribution in [3.63, 3.8) is 0 Å². The summed E-state index contributed by atoms with van der Waals surface area (Å²) >= 11 is 12.4. The molecule has 6 nitrogen and oxygen atoms in total. The zero-order valence-corrected chi connectivity index (χ0v) is 19.9. The Hall–Kier alpha value is -2.83. The lowest BCUT2D eigenvalue weighted by molar-refractivity contribution is -0.140. The van der Waals surface area contributed by atoms with Crippen LogP contribution in [0.25, 0.3) is 0 Å². The number of benzene rings is 2. The maximum absolute atomic E-state index is 13.1. The lowest BCUT2D eigenvalue weighted by Crippen LogP contribution is -2.40. The third-order valence-electron chi connectivity index (χ3n) is 7.51. The third kappa shape index (κ3) is 3.43. The van der Waals surface area contributed by atoms with Crippen LogP contribution in [0.2, 0.25) is 10.0 Å². The lowest BCUT2D eigenvalue weighted by atomic mass is 9.63. The molecular formula is C26H22Cl2N2O4. The first-order valence-electron chi connectivity index (χ1n) is 11.3. The molecule has 3 fully saturated rings. The minimum absolute atomic E-state index is 0.170. The van der Waals surface area contributed by atoms with Crippen molar-refractivity contribution in [1.29, 1.82) is 0 Å². The number of methoxy groups -OCH3 is 1. The number of carbonyl (C=O) groups is 2. The van der Waals surface area contributed by atoms with Gasteiger partial charge in [0, 0.05) is 5.02 Å². The van der Waals surface area contributed by atoms with Crippen LogP contribution in [0.5, 0.6) is 11.5 Å². The maximum Gasteiger partial charge on any atom is 0.254 e. The Kier molecular flexibility index (Phi) is 5.19. The van der Waals surface area contributed by atoms with Gasteiger partial charge >= 0.3 is 0 Å². The van der Waals surface area contributed by atoms with Crippen molar-refractivity contribution in [2.75, 3.05) is 7.11 Å². The van der Waals surface area contributed by atoms with Gasteiger partial charge in [-0.2, -0.15) is 10.1 Å². The van der Waals surface area contributed by atoms with Gasteiger partial charge in [0.25, 0.3) is 11.8 Å². The Morgan fingerprint density at radius 1 is 1.03 bits per heavy atom. The molecule has 1 aliphatic heterocycles. The van der Waals surface area contributed by atoms with Crippen LogP contribution in [-0.4, -0.2) is 30.1 Å². The summed E-state index contributed by atoms with van der Waals surface area (Å²) in [7, 11) is 1.52. The van der Waals surface area contributed by atoms with Gasteiger partial charge in [-0.25, -0.2) is 0 Å². The molecular weight excluding hydrogens is 475 g/mol. The molecule has 8 heteroatoms. The molecule has 174 valence electrons. The number of nitrogens with zero attached hydrogens (tertiary/aromatic N) is 2. The molecule has 0 unspecified atom stereocenters. The number of hydrogen-bond acceptors (Lipinski definition) is 5. The average molecular weight is 497 g/mol. The molecule has 7 rings (SSSR count). The number of carbonyl (C=O) groups excluding carboxylic acids is 2. The molecule has 2 aromatic carbocycles. The number of hydrazone groups is 1. The zero-order valence-electron chi connectivity index (χ0n) is 18.4. The largest absolute Gasteiger partial charge is 0.493 e. The molecule has 0 spiro atoms. The van der Waals surface area contributed by atoms with E-state index in [0.717, 1.165) is 17.0 Å². The number of amides is 2. The molecule has 4 aliphatic carbocycles. The Labute approximate surface area is 207 Å². The first-order valence-corrected chi connectivity index (χ1v) is 12.1. The quantitative estimate of drug-likeness (QED) is 0.321. The van der Waals surface area contributed by atoms with Gasteiger partial charge in [-0.15, -0.1) is 0 Å². The van der Waals surface area contributed by atoms with E-state index in [4.69, 9.17) is 32.7 Å². The minimum Gasteiger partial charge on any atom is -0.493 e. The fourth-order valence-corrected chi connectivity index (χ4v) is 6.27. The van der Waals surface area contributed by atoms with Gasteiger partial charge in [0.05, 0.1) is 30.2 Å². The molecule has 2 bridgehead atoms. The normalized spacial score (nSPS) is 30.6. The summed E-state index contributed by atoms with van der Waals surface area (Å²) < 4.78 is 11.4. The van der Waals surface area contributed by atoms with Crippen molar-refractivity contribution in [3.05, 3.63) is 69.7 Å². The molecule has 1 saturated heterocycles. The summed E-state index contributed by atoms with van der Waals surface area (Å²) in [5.41, 5.74) is 1.53. The molecule has 2 aromatic rings. The standard InChI is InChI=1S/C26H22Cl2N2O4/c1-33-21-9-14(8-20(28)24(21)34-12-13-2-4-15(27)5-3-13)11-29-30-25(31)22-16-6-7-17(19-10-18(16)19)23(22)26(30)32/h2-9,11,16-19,22-23H,10,12H2,1H3/b29-11-/t16-,17-,18-,19+,22-,23+/m0/s1. The van der Waals surface area contributed by atoms with Gasteiger partial charge in [-0.05, 0) is 65.5 Å². The predicted molar refractivity (Wildman–Crippen MR) is 128 cm³/mol. The smallest absolute Gasteiger partial charge is 0.254 e. The highest BCUT2D eigenvalue weighted by atomic mass is 35.5. The monoisotopic (exact) mass is 496 g/mol. The van der Waals surface area contributed by atoms with Crippen LogP contribution in [0.3, 0.4) is 0 Å². The van der Waals surface area contributed by atoms with Gasteiger partial charge in [0.1, 0.15) is 6.61 Å². The van der Waals surface area contributed by atoms with Crippen LogP contribution < -0.4 is 9.47 Å². The number of imide groups is 1. The fourth-order valence-electron chi connectivity index (χ4n) is 5.87. The highest BCUT2D eigenvalue weighted by Gasteiger charge is 2.67. The van der Waals surface area contributed by atoms with Gasteiger partial charge in [0.2, 0.25) is 0 Å². The fraction of sp³-hybridized carbons (Fsp3) is 0.346. The van der Waals surface area contributed by atoms with E-state index in [1.807, 2.05) is 12.1 Å². The van der Waals surface area contributed by atoms with E-state index < -0.39 is 0 Å². The Morgan fingerprint density at radius 2 is 1.68 bits per heavy atom. The lowest BCUT2D eigenvalue weighted by Gasteiger charge is -2.37. The summed E-state index contributed by atoms with van der Waals surface area (Å²) in [5.74, 6) is 1.34. The first kappa shape index (κ1) is 21.7. The SMILES string of the molecule is COc1cc(/C=N\N2C(=O)[C@@H]3[C@H]4C=C[C@@H]([C@@H]5C[C@H]45)[C@@H]3C2=O)cc(Cl)c1OCc1ccc(Cl)cc1. The second-order valence-corrected chi connectivity index (χ2v) is 10.2. The van der Waals surface area contributed by atoms with E-state index in [1.165, 1.54) is 13.3 Å². The van der Waals surface area contributed by atoms with Crippen molar-refractivity contribution in [2.45, 2.75) is 13.0 Å². The van der Waals surface area contributed by atoms with E-state index in [0.29, 0.717) is 45.6 Å². The summed E-state index contributed by atoms with van der Waals surface area (Å²) in [6.07, 6.45) is 6.89. The zero-order chi connectivity index (χ0) is 23.6. The van der Waals surface area contributed by atoms with Crippen molar-refractivity contribution >= 4 is 41.2 Å². The van der Waals surface area contributed by atoms with Crippen molar-refractivity contribution in [2.24, 2.45) is 40.6 Å². The van der Waals surface area contributed by atoms with Crippen LogP contribution in [0.15, 0.2) is 53.7 Å². The number of allylic oxidation sites excluding steroid dienone is 2. The molecule has 2 amide bonds. The van der Waals surface area contributed by atoms with Crippen LogP contribution in [0, 0.1) is 35.5 Å². The molecule has 0 radical (unpaired) electrons. The Bertz CT molecular complexity index is 1210. The Balaban J connectivity index is 1.20. The van der Waals surface area contributed by atoms with E-state index in [-0.39, 0.29) is 35.5 Å². The summed E-state index contributed by atoms with van der Waals surface area (Å²) in [5, 5.41) is 6.32. The molecule has 2 saturated carbocycles. The third-order valence-corrected chi connectivity index (χ3v) is 8.04. The topological polar surface area (TPSA) is 68.2 Å². The van der Waals surface area contributed by atoms with Gasteiger partial charge in [0.15, 0.2) is 11.5 Å². The number of halogens is 2. The molecule has 1 heterocycles. The van der Waals surface area contributed by atoms with Gasteiger partial charge in [-0.1, -0.05) is 47.5 Å². The maximum atomic E-state index is 13.1.